The van der Waals surface area contributed by atoms with Gasteiger partial charge in [-0.3, -0.25) is 0 Å². The first kappa shape index (κ1) is 8.09. The van der Waals surface area contributed by atoms with Crippen molar-refractivity contribution < 1.29 is 4.74 Å². The van der Waals surface area contributed by atoms with E-state index in [-0.39, 0.29) is 11.5 Å². The van der Waals surface area contributed by atoms with Crippen LogP contribution in [0.2, 0.25) is 0 Å². The highest BCUT2D eigenvalue weighted by Crippen LogP contribution is 2.36. The van der Waals surface area contributed by atoms with Crippen LogP contribution in [0, 0.1) is 0 Å². The second-order valence-corrected chi connectivity index (χ2v) is 3.64. The summed E-state index contributed by atoms with van der Waals surface area (Å²) in [5.74, 6) is 0. The van der Waals surface area contributed by atoms with Crippen LogP contribution in [0.4, 0.5) is 0 Å². The molecule has 1 aliphatic carbocycles. The number of methoxy groups -OCH3 is 1. The van der Waals surface area contributed by atoms with Crippen LogP contribution in [0.15, 0.2) is 24.3 Å². The molecule has 1 aromatic carbocycles. The number of ether oxygens (including phenoxy) is 1. The molecule has 0 radical (unpaired) electrons. The fourth-order valence-electron chi connectivity index (χ4n) is 1.78. The molecule has 1 aromatic rings. The largest absolute Gasteiger partial charge is 0.375 e. The predicted octanol–water partition coefficient (Wildman–Crippen LogP) is 2.54. The minimum Gasteiger partial charge on any atom is -0.375 e. The zero-order valence-corrected chi connectivity index (χ0v) is 7.71. The SMILES string of the molecule is CO[C@@H]1c2ccccc2C[C@@H]1Cl. The Kier molecular flexibility index (Phi) is 2.07. The zero-order chi connectivity index (χ0) is 8.55. The Bertz CT molecular complexity index is 285. The average molecular weight is 183 g/mol. The normalized spacial score (nSPS) is 27.2. The van der Waals surface area contributed by atoms with E-state index < -0.39 is 0 Å². The number of hydrogen-bond donors (Lipinski definition) is 0. The minimum absolute atomic E-state index is 0.0860. The molecular formula is C10H11ClO. The molecule has 0 amide bonds. The first-order valence-corrected chi connectivity index (χ1v) is 4.51. The van der Waals surface area contributed by atoms with Crippen LogP contribution in [0.3, 0.4) is 0 Å². The van der Waals surface area contributed by atoms with E-state index >= 15 is 0 Å². The Morgan fingerprint density at radius 2 is 2.17 bits per heavy atom. The van der Waals surface area contributed by atoms with Crippen molar-refractivity contribution in [2.75, 3.05) is 7.11 Å². The van der Waals surface area contributed by atoms with Crippen molar-refractivity contribution >= 4 is 11.6 Å². The maximum atomic E-state index is 6.12. The number of fused-ring (bicyclic) bond motifs is 1. The van der Waals surface area contributed by atoms with Gasteiger partial charge >= 0.3 is 0 Å². The Balaban J connectivity index is 2.40. The van der Waals surface area contributed by atoms with E-state index in [0.717, 1.165) is 6.42 Å². The van der Waals surface area contributed by atoms with Gasteiger partial charge in [-0.05, 0) is 17.5 Å². The van der Waals surface area contributed by atoms with E-state index in [1.807, 2.05) is 12.1 Å². The van der Waals surface area contributed by atoms with Gasteiger partial charge in [-0.2, -0.15) is 0 Å². The number of rotatable bonds is 1. The third-order valence-corrected chi connectivity index (χ3v) is 2.74. The summed E-state index contributed by atoms with van der Waals surface area (Å²) in [4.78, 5) is 0. The van der Waals surface area contributed by atoms with E-state index in [2.05, 4.69) is 12.1 Å². The predicted molar refractivity (Wildman–Crippen MR) is 49.5 cm³/mol. The van der Waals surface area contributed by atoms with E-state index in [4.69, 9.17) is 16.3 Å². The molecule has 0 heterocycles. The molecule has 2 rings (SSSR count). The van der Waals surface area contributed by atoms with Crippen LogP contribution in [-0.4, -0.2) is 12.5 Å². The fourth-order valence-corrected chi connectivity index (χ4v) is 2.19. The molecule has 0 aromatic heterocycles. The molecule has 0 saturated heterocycles. The first-order valence-electron chi connectivity index (χ1n) is 4.07. The molecule has 2 heteroatoms. The lowest BCUT2D eigenvalue weighted by Gasteiger charge is -2.12. The van der Waals surface area contributed by atoms with Crippen molar-refractivity contribution in [2.45, 2.75) is 17.9 Å². The van der Waals surface area contributed by atoms with Gasteiger partial charge in [0.25, 0.3) is 0 Å². The monoisotopic (exact) mass is 182 g/mol. The Hall–Kier alpha value is -0.530. The summed E-state index contributed by atoms with van der Waals surface area (Å²) in [6.45, 7) is 0. The molecule has 64 valence electrons. The Labute approximate surface area is 77.3 Å². The molecule has 0 saturated carbocycles. The highest BCUT2D eigenvalue weighted by atomic mass is 35.5. The van der Waals surface area contributed by atoms with E-state index in [9.17, 15) is 0 Å². The molecule has 12 heavy (non-hydrogen) atoms. The van der Waals surface area contributed by atoms with Gasteiger partial charge in [0.15, 0.2) is 0 Å². The number of alkyl halides is 1. The maximum absolute atomic E-state index is 6.12. The van der Waals surface area contributed by atoms with E-state index in [1.165, 1.54) is 11.1 Å². The Morgan fingerprint density at radius 3 is 2.92 bits per heavy atom. The molecular weight excluding hydrogens is 172 g/mol. The van der Waals surface area contributed by atoms with Gasteiger partial charge in [0.1, 0.15) is 0 Å². The fraction of sp³-hybridized carbons (Fsp3) is 0.400. The molecule has 1 nitrogen and oxygen atoms in total. The van der Waals surface area contributed by atoms with Gasteiger partial charge in [-0.15, -0.1) is 11.6 Å². The van der Waals surface area contributed by atoms with Crippen molar-refractivity contribution in [2.24, 2.45) is 0 Å². The number of benzene rings is 1. The van der Waals surface area contributed by atoms with Crippen LogP contribution in [0.5, 0.6) is 0 Å². The third kappa shape index (κ3) is 1.13. The zero-order valence-electron chi connectivity index (χ0n) is 6.96. The van der Waals surface area contributed by atoms with Crippen molar-refractivity contribution in [3.8, 4) is 0 Å². The standard InChI is InChI=1S/C10H11ClO/c1-12-10-8-5-3-2-4-7(8)6-9(10)11/h2-5,9-10H,6H2,1H3/t9-,10+/m0/s1. The molecule has 1 aliphatic rings. The van der Waals surface area contributed by atoms with Gasteiger partial charge in [0, 0.05) is 7.11 Å². The van der Waals surface area contributed by atoms with Gasteiger partial charge < -0.3 is 4.74 Å². The van der Waals surface area contributed by atoms with Crippen molar-refractivity contribution in [1.29, 1.82) is 0 Å². The summed E-state index contributed by atoms with van der Waals surface area (Å²) in [7, 11) is 1.71. The van der Waals surface area contributed by atoms with Crippen LogP contribution >= 0.6 is 11.6 Å². The smallest absolute Gasteiger partial charge is 0.0990 e. The topological polar surface area (TPSA) is 9.23 Å². The lowest BCUT2D eigenvalue weighted by molar-refractivity contribution is 0.108. The summed E-state index contributed by atoms with van der Waals surface area (Å²) in [6, 6.07) is 8.27. The second kappa shape index (κ2) is 3.08. The Morgan fingerprint density at radius 1 is 1.42 bits per heavy atom. The molecule has 0 unspecified atom stereocenters. The average Bonchev–Trinajstić information content (AvgIpc) is 2.40. The minimum atomic E-state index is 0.0860. The maximum Gasteiger partial charge on any atom is 0.0990 e. The third-order valence-electron chi connectivity index (χ3n) is 2.36. The lowest BCUT2D eigenvalue weighted by atomic mass is 10.1. The number of hydrogen-bond acceptors (Lipinski definition) is 1. The number of halogens is 1. The van der Waals surface area contributed by atoms with E-state index in [1.54, 1.807) is 7.11 Å². The quantitative estimate of drug-likeness (QED) is 0.607. The summed E-state index contributed by atoms with van der Waals surface area (Å²) in [6.07, 6.45) is 1.01. The summed E-state index contributed by atoms with van der Waals surface area (Å²) in [5.41, 5.74) is 2.57. The highest BCUT2D eigenvalue weighted by molar-refractivity contribution is 6.21. The van der Waals surface area contributed by atoms with Gasteiger partial charge in [-0.1, -0.05) is 24.3 Å². The van der Waals surface area contributed by atoms with E-state index in [0.29, 0.717) is 0 Å². The van der Waals surface area contributed by atoms with Crippen LogP contribution in [0.1, 0.15) is 17.2 Å². The van der Waals surface area contributed by atoms with Crippen molar-refractivity contribution in [3.63, 3.8) is 0 Å². The molecule has 0 N–H and O–H groups in total. The highest BCUT2D eigenvalue weighted by Gasteiger charge is 2.30. The van der Waals surface area contributed by atoms with Crippen molar-refractivity contribution in [1.82, 2.24) is 0 Å². The molecule has 0 aliphatic heterocycles. The summed E-state index contributed by atoms with van der Waals surface area (Å²) >= 11 is 6.12. The molecule has 0 bridgehead atoms. The molecule has 0 spiro atoms. The second-order valence-electron chi connectivity index (χ2n) is 3.08. The van der Waals surface area contributed by atoms with Crippen LogP contribution in [-0.2, 0) is 11.2 Å². The lowest BCUT2D eigenvalue weighted by Crippen LogP contribution is -2.08. The van der Waals surface area contributed by atoms with Gasteiger partial charge in [0.05, 0.1) is 11.5 Å². The van der Waals surface area contributed by atoms with Crippen molar-refractivity contribution in [3.05, 3.63) is 35.4 Å². The summed E-state index contributed by atoms with van der Waals surface area (Å²) < 4.78 is 5.32. The van der Waals surface area contributed by atoms with Gasteiger partial charge in [0.2, 0.25) is 0 Å². The van der Waals surface area contributed by atoms with Crippen LogP contribution in [0.25, 0.3) is 0 Å². The first-order chi connectivity index (χ1) is 5.83. The summed E-state index contributed by atoms with van der Waals surface area (Å²) in [5, 5.41) is 0.104. The molecule has 2 atom stereocenters. The molecule has 0 fully saturated rings. The van der Waals surface area contributed by atoms with Crippen LogP contribution < -0.4 is 0 Å². The van der Waals surface area contributed by atoms with Gasteiger partial charge in [-0.25, -0.2) is 0 Å².